The van der Waals surface area contributed by atoms with Crippen LogP contribution in [0.5, 0.6) is 0 Å². The Morgan fingerprint density at radius 1 is 1.37 bits per heavy atom. The summed E-state index contributed by atoms with van der Waals surface area (Å²) in [6, 6.07) is 10.6. The fraction of sp³-hybridized carbons (Fsp3) is 0.333. The van der Waals surface area contributed by atoms with Gasteiger partial charge in [0.2, 0.25) is 0 Å². The quantitative estimate of drug-likeness (QED) is 0.846. The number of rotatable bonds is 3. The van der Waals surface area contributed by atoms with E-state index >= 15 is 0 Å². The molecular formula is C15H18N2O2. The summed E-state index contributed by atoms with van der Waals surface area (Å²) >= 11 is 0. The number of ether oxygens (including phenoxy) is 1. The van der Waals surface area contributed by atoms with Crippen LogP contribution in [0.1, 0.15) is 32.4 Å². The molecule has 0 saturated heterocycles. The number of nitriles is 1. The van der Waals surface area contributed by atoms with Gasteiger partial charge in [-0.15, -0.1) is 0 Å². The lowest BCUT2D eigenvalue weighted by molar-refractivity contribution is 0.0512. The van der Waals surface area contributed by atoms with Crippen LogP contribution in [0.2, 0.25) is 0 Å². The molecule has 19 heavy (non-hydrogen) atoms. The number of hydrogen-bond acceptors (Lipinski definition) is 3. The van der Waals surface area contributed by atoms with Crippen molar-refractivity contribution in [2.75, 3.05) is 0 Å². The smallest absolute Gasteiger partial charge is 0.408 e. The van der Waals surface area contributed by atoms with Crippen LogP contribution >= 0.6 is 0 Å². The Kier molecular flexibility index (Phi) is 4.71. The van der Waals surface area contributed by atoms with Gasteiger partial charge in [0.15, 0.2) is 0 Å². The Balaban J connectivity index is 2.87. The zero-order valence-corrected chi connectivity index (χ0v) is 11.4. The van der Waals surface area contributed by atoms with Gasteiger partial charge < -0.3 is 10.1 Å². The van der Waals surface area contributed by atoms with E-state index in [0.29, 0.717) is 0 Å². The fourth-order valence-electron chi connectivity index (χ4n) is 1.51. The van der Waals surface area contributed by atoms with Gasteiger partial charge in [0.1, 0.15) is 5.60 Å². The Hall–Kier alpha value is -2.28. The predicted molar refractivity (Wildman–Crippen MR) is 73.3 cm³/mol. The average molecular weight is 258 g/mol. The molecule has 1 N–H and O–H groups in total. The number of nitrogens with one attached hydrogen (secondary N) is 1. The van der Waals surface area contributed by atoms with Crippen LogP contribution < -0.4 is 5.32 Å². The third kappa shape index (κ3) is 4.84. The minimum absolute atomic E-state index is 0.261. The summed E-state index contributed by atoms with van der Waals surface area (Å²) in [4.78, 5) is 11.8. The van der Waals surface area contributed by atoms with Crippen molar-refractivity contribution in [3.8, 4) is 6.07 Å². The second kappa shape index (κ2) is 6.05. The van der Waals surface area contributed by atoms with Gasteiger partial charge in [0, 0.05) is 5.57 Å². The largest absolute Gasteiger partial charge is 0.444 e. The summed E-state index contributed by atoms with van der Waals surface area (Å²) in [5, 5.41) is 11.6. The molecule has 1 rings (SSSR count). The molecule has 0 aliphatic heterocycles. The van der Waals surface area contributed by atoms with E-state index < -0.39 is 17.7 Å². The Morgan fingerprint density at radius 3 is 2.42 bits per heavy atom. The molecule has 0 saturated carbocycles. The van der Waals surface area contributed by atoms with Crippen LogP contribution in [0.3, 0.4) is 0 Å². The molecule has 100 valence electrons. The monoisotopic (exact) mass is 258 g/mol. The van der Waals surface area contributed by atoms with Crippen LogP contribution in [-0.4, -0.2) is 11.7 Å². The highest BCUT2D eigenvalue weighted by Gasteiger charge is 2.22. The maximum Gasteiger partial charge on any atom is 0.408 e. The van der Waals surface area contributed by atoms with Crippen LogP contribution in [0.15, 0.2) is 42.5 Å². The van der Waals surface area contributed by atoms with Crippen LogP contribution in [-0.2, 0) is 4.74 Å². The van der Waals surface area contributed by atoms with E-state index in [-0.39, 0.29) is 5.57 Å². The van der Waals surface area contributed by atoms with Gasteiger partial charge in [-0.3, -0.25) is 0 Å². The highest BCUT2D eigenvalue weighted by atomic mass is 16.6. The van der Waals surface area contributed by atoms with Crippen molar-refractivity contribution in [1.82, 2.24) is 5.32 Å². The van der Waals surface area contributed by atoms with Gasteiger partial charge in [-0.25, -0.2) is 4.79 Å². The fourth-order valence-corrected chi connectivity index (χ4v) is 1.51. The Bertz CT molecular complexity index is 495. The van der Waals surface area contributed by atoms with Gasteiger partial charge in [0.05, 0.1) is 12.1 Å². The van der Waals surface area contributed by atoms with Crippen LogP contribution in [0.4, 0.5) is 4.79 Å². The SMILES string of the molecule is C=C(C#N)C(NC(=O)OC(C)(C)C)c1ccccc1. The maximum atomic E-state index is 11.8. The van der Waals surface area contributed by atoms with E-state index in [1.807, 2.05) is 36.4 Å². The van der Waals surface area contributed by atoms with Crippen molar-refractivity contribution in [2.45, 2.75) is 32.4 Å². The van der Waals surface area contributed by atoms with Crippen LogP contribution in [0, 0.1) is 11.3 Å². The molecule has 1 amide bonds. The van der Waals surface area contributed by atoms with E-state index in [0.717, 1.165) is 5.56 Å². The van der Waals surface area contributed by atoms with Crippen molar-refractivity contribution < 1.29 is 9.53 Å². The van der Waals surface area contributed by atoms with Crippen LogP contribution in [0.25, 0.3) is 0 Å². The summed E-state index contributed by atoms with van der Waals surface area (Å²) in [7, 11) is 0. The average Bonchev–Trinajstić information content (AvgIpc) is 2.34. The second-order valence-corrected chi connectivity index (χ2v) is 5.13. The molecule has 1 unspecified atom stereocenters. The molecule has 0 aliphatic carbocycles. The highest BCUT2D eigenvalue weighted by molar-refractivity contribution is 5.69. The first kappa shape index (κ1) is 14.8. The number of carbonyl (C=O) groups is 1. The molecule has 0 spiro atoms. The lowest BCUT2D eigenvalue weighted by Gasteiger charge is -2.23. The zero-order valence-electron chi connectivity index (χ0n) is 11.4. The van der Waals surface area contributed by atoms with E-state index in [1.54, 1.807) is 20.8 Å². The first-order valence-electron chi connectivity index (χ1n) is 5.97. The van der Waals surface area contributed by atoms with E-state index in [2.05, 4.69) is 11.9 Å². The summed E-state index contributed by atoms with van der Waals surface area (Å²) in [5.74, 6) is 0. The molecule has 0 bridgehead atoms. The predicted octanol–water partition coefficient (Wildman–Crippen LogP) is 3.33. The number of hydrogen-bond donors (Lipinski definition) is 1. The molecule has 1 aromatic carbocycles. The number of amides is 1. The molecule has 0 heterocycles. The summed E-state index contributed by atoms with van der Waals surface area (Å²) in [6.45, 7) is 9.01. The first-order chi connectivity index (χ1) is 8.83. The molecule has 0 fully saturated rings. The maximum absolute atomic E-state index is 11.8. The Labute approximate surface area is 113 Å². The lowest BCUT2D eigenvalue weighted by atomic mass is 10.0. The summed E-state index contributed by atoms with van der Waals surface area (Å²) in [5.41, 5.74) is 0.469. The highest BCUT2D eigenvalue weighted by Crippen LogP contribution is 2.20. The van der Waals surface area contributed by atoms with Gasteiger partial charge >= 0.3 is 6.09 Å². The molecule has 0 aromatic heterocycles. The molecular weight excluding hydrogens is 240 g/mol. The van der Waals surface area contributed by atoms with E-state index in [9.17, 15) is 4.79 Å². The topological polar surface area (TPSA) is 62.1 Å². The molecule has 0 radical (unpaired) electrons. The van der Waals surface area contributed by atoms with Gasteiger partial charge in [-0.05, 0) is 26.3 Å². The van der Waals surface area contributed by atoms with Gasteiger partial charge in [-0.2, -0.15) is 5.26 Å². The molecule has 4 heteroatoms. The standard InChI is InChI=1S/C15H18N2O2/c1-11(10-16)13(12-8-6-5-7-9-12)17-14(18)19-15(2,3)4/h5-9,13H,1H2,2-4H3,(H,17,18). The zero-order chi connectivity index (χ0) is 14.5. The minimum Gasteiger partial charge on any atom is -0.444 e. The van der Waals surface area contributed by atoms with Gasteiger partial charge in [0.25, 0.3) is 0 Å². The summed E-state index contributed by atoms with van der Waals surface area (Å²) < 4.78 is 5.18. The van der Waals surface area contributed by atoms with Crippen molar-refractivity contribution >= 4 is 6.09 Å². The number of alkyl carbamates (subject to hydrolysis) is 1. The lowest BCUT2D eigenvalue weighted by Crippen LogP contribution is -2.35. The number of carbonyl (C=O) groups excluding carboxylic acids is 1. The third-order valence-electron chi connectivity index (χ3n) is 2.29. The molecule has 0 aliphatic rings. The van der Waals surface area contributed by atoms with Crippen molar-refractivity contribution in [3.05, 3.63) is 48.0 Å². The summed E-state index contributed by atoms with van der Waals surface area (Å²) in [6.07, 6.45) is -0.572. The molecule has 1 aromatic rings. The molecule has 4 nitrogen and oxygen atoms in total. The van der Waals surface area contributed by atoms with Crippen molar-refractivity contribution in [1.29, 1.82) is 5.26 Å². The van der Waals surface area contributed by atoms with Gasteiger partial charge in [-0.1, -0.05) is 36.9 Å². The second-order valence-electron chi connectivity index (χ2n) is 5.13. The van der Waals surface area contributed by atoms with E-state index in [4.69, 9.17) is 10.00 Å². The van der Waals surface area contributed by atoms with Crippen molar-refractivity contribution in [2.24, 2.45) is 0 Å². The molecule has 1 atom stereocenters. The van der Waals surface area contributed by atoms with E-state index in [1.165, 1.54) is 0 Å². The normalized spacial score (nSPS) is 12.1. The van der Waals surface area contributed by atoms with Crippen molar-refractivity contribution in [3.63, 3.8) is 0 Å². The number of benzene rings is 1. The minimum atomic E-state index is -0.584. The third-order valence-corrected chi connectivity index (χ3v) is 2.29. The first-order valence-corrected chi connectivity index (χ1v) is 5.97. The Morgan fingerprint density at radius 2 is 1.95 bits per heavy atom. The number of nitrogens with zero attached hydrogens (tertiary/aromatic N) is 1.